The molecule has 0 aromatic heterocycles. The highest BCUT2D eigenvalue weighted by Gasteiger charge is 2.42. The van der Waals surface area contributed by atoms with Gasteiger partial charge in [-0.05, 0) is 73.9 Å². The van der Waals surface area contributed by atoms with Gasteiger partial charge in [0.25, 0.3) is 10.1 Å². The molecule has 164 valence electrons. The van der Waals surface area contributed by atoms with E-state index in [1.54, 1.807) is 12.7 Å². The molecule has 4 rings (SSSR count). The Morgan fingerprint density at radius 1 is 1.17 bits per heavy atom. The Hall–Kier alpha value is -1.89. The predicted octanol–water partition coefficient (Wildman–Crippen LogP) is 4.18. The zero-order valence-corrected chi connectivity index (χ0v) is 18.9. The van der Waals surface area contributed by atoms with Gasteiger partial charge in [0, 0.05) is 18.5 Å². The predicted molar refractivity (Wildman–Crippen MR) is 121 cm³/mol. The van der Waals surface area contributed by atoms with Crippen LogP contribution >= 0.6 is 0 Å². The molecule has 1 aliphatic heterocycles. The molecule has 1 saturated heterocycles. The third kappa shape index (κ3) is 6.06. The molecule has 30 heavy (non-hydrogen) atoms. The van der Waals surface area contributed by atoms with E-state index in [1.807, 2.05) is 0 Å². The number of hydrogen-bond donors (Lipinski definition) is 1. The fraction of sp³-hybridized carbons (Fsp3) is 0.500. The van der Waals surface area contributed by atoms with Gasteiger partial charge in [-0.2, -0.15) is 8.42 Å². The molecule has 0 spiro atoms. The van der Waals surface area contributed by atoms with E-state index < -0.39 is 10.1 Å². The summed E-state index contributed by atoms with van der Waals surface area (Å²) in [6.07, 6.45) is 7.06. The van der Waals surface area contributed by atoms with Crippen LogP contribution in [0.2, 0.25) is 0 Å². The van der Waals surface area contributed by atoms with Crippen molar-refractivity contribution < 1.29 is 17.7 Å². The average molecular weight is 432 g/mol. The third-order valence-corrected chi connectivity index (χ3v) is 6.37. The van der Waals surface area contributed by atoms with Gasteiger partial charge in [-0.3, -0.25) is 4.55 Å². The number of aryl methyl sites for hydroxylation is 2. The smallest absolute Gasteiger partial charge is 0.261 e. The van der Waals surface area contributed by atoms with Crippen LogP contribution in [0.15, 0.2) is 48.5 Å². The summed E-state index contributed by atoms with van der Waals surface area (Å²) >= 11 is 0. The van der Waals surface area contributed by atoms with Gasteiger partial charge in [0.15, 0.2) is 0 Å². The molecule has 0 saturated carbocycles. The molecule has 2 aromatic rings. The van der Waals surface area contributed by atoms with Crippen LogP contribution in [0, 0.1) is 5.92 Å². The fourth-order valence-electron chi connectivity index (χ4n) is 5.10. The first kappa shape index (κ1) is 22.8. The van der Waals surface area contributed by atoms with Gasteiger partial charge >= 0.3 is 0 Å². The molecular weight excluding hydrogens is 398 g/mol. The molecule has 3 atom stereocenters. The summed E-state index contributed by atoms with van der Waals surface area (Å²) in [5, 5.41) is 0. The van der Waals surface area contributed by atoms with Gasteiger partial charge in [0.2, 0.25) is 0 Å². The number of rotatable bonds is 5. The van der Waals surface area contributed by atoms with Crippen LogP contribution in [-0.4, -0.2) is 50.9 Å². The molecule has 5 nitrogen and oxygen atoms in total. The van der Waals surface area contributed by atoms with E-state index in [0.717, 1.165) is 17.7 Å². The zero-order valence-electron chi connectivity index (χ0n) is 18.1. The minimum Gasteiger partial charge on any atom is -0.497 e. The van der Waals surface area contributed by atoms with E-state index in [2.05, 4.69) is 60.5 Å². The minimum atomic E-state index is -3.67. The Morgan fingerprint density at radius 3 is 2.53 bits per heavy atom. The fourth-order valence-corrected chi connectivity index (χ4v) is 5.10. The molecule has 1 N–H and O–H groups in total. The lowest BCUT2D eigenvalue weighted by Crippen LogP contribution is -2.30. The monoisotopic (exact) mass is 431 g/mol. The maximum atomic E-state index is 9.19. The normalized spacial score (nSPS) is 23.1. The van der Waals surface area contributed by atoms with E-state index in [9.17, 15) is 8.42 Å². The van der Waals surface area contributed by atoms with Crippen molar-refractivity contribution in [1.82, 2.24) is 4.90 Å². The Labute approximate surface area is 180 Å². The van der Waals surface area contributed by atoms with Gasteiger partial charge in [-0.1, -0.05) is 36.4 Å². The van der Waals surface area contributed by atoms with Gasteiger partial charge < -0.3 is 9.64 Å². The van der Waals surface area contributed by atoms with Crippen molar-refractivity contribution in [3.05, 3.63) is 65.2 Å². The number of fused-ring (bicyclic) bond motifs is 3. The summed E-state index contributed by atoms with van der Waals surface area (Å²) in [5.41, 5.74) is 4.56. The van der Waals surface area contributed by atoms with Gasteiger partial charge in [0.05, 0.1) is 13.4 Å². The topological polar surface area (TPSA) is 66.8 Å². The van der Waals surface area contributed by atoms with Crippen LogP contribution in [0.3, 0.4) is 0 Å². The second-order valence-electron chi connectivity index (χ2n) is 8.49. The highest BCUT2D eigenvalue weighted by molar-refractivity contribution is 7.85. The first-order valence-electron chi connectivity index (χ1n) is 10.6. The summed E-state index contributed by atoms with van der Waals surface area (Å²) in [4.78, 5) is 2.62. The molecule has 1 heterocycles. The first-order chi connectivity index (χ1) is 14.3. The van der Waals surface area contributed by atoms with Gasteiger partial charge in [-0.15, -0.1) is 0 Å². The number of likely N-dealkylation sites (N-methyl/N-ethyl adjacent to an activating group) is 1. The largest absolute Gasteiger partial charge is 0.497 e. The van der Waals surface area contributed by atoms with Crippen LogP contribution in [-0.2, 0) is 23.0 Å². The van der Waals surface area contributed by atoms with Gasteiger partial charge in [-0.25, -0.2) is 0 Å². The van der Waals surface area contributed by atoms with Crippen LogP contribution in [0.4, 0.5) is 0 Å². The third-order valence-electron chi connectivity index (χ3n) is 6.37. The molecule has 0 radical (unpaired) electrons. The van der Waals surface area contributed by atoms with Crippen LogP contribution in [0.1, 0.15) is 41.9 Å². The Bertz CT molecular complexity index is 921. The van der Waals surface area contributed by atoms with Crippen molar-refractivity contribution in [3.63, 3.8) is 0 Å². The highest BCUT2D eigenvalue weighted by atomic mass is 32.2. The molecule has 2 aromatic carbocycles. The summed E-state index contributed by atoms with van der Waals surface area (Å²) in [7, 11) is 0.425. The zero-order chi connectivity index (χ0) is 21.7. The van der Waals surface area contributed by atoms with E-state index >= 15 is 0 Å². The number of benzene rings is 2. The standard InChI is InChI=1S/C23H29NO.CH4O3S/c1-24-16-22-20-14-12-19(25-2)15-18(20)11-13-21(22)23(24)10-6-9-17-7-4-3-5-8-17;1-5(2,3)4/h3-5,7-8,12,14-15,21-23H,6,9-11,13,16H2,1-2H3;1H3,(H,2,3,4). The maximum Gasteiger partial charge on any atom is 0.261 e. The van der Waals surface area contributed by atoms with Crippen molar-refractivity contribution in [1.29, 1.82) is 0 Å². The number of ether oxygens (including phenoxy) is 1. The van der Waals surface area contributed by atoms with E-state index in [4.69, 9.17) is 9.29 Å². The number of hydrogen-bond acceptors (Lipinski definition) is 4. The molecule has 3 unspecified atom stereocenters. The van der Waals surface area contributed by atoms with E-state index in [-0.39, 0.29) is 0 Å². The number of nitrogens with zero attached hydrogens (tertiary/aromatic N) is 1. The van der Waals surface area contributed by atoms with E-state index in [1.165, 1.54) is 49.8 Å². The Morgan fingerprint density at radius 2 is 1.87 bits per heavy atom. The summed E-state index contributed by atoms with van der Waals surface area (Å²) in [5.74, 6) is 2.53. The van der Waals surface area contributed by atoms with Crippen molar-refractivity contribution in [2.24, 2.45) is 5.92 Å². The lowest BCUT2D eigenvalue weighted by Gasteiger charge is -2.31. The number of likely N-dealkylation sites (tertiary alicyclic amines) is 1. The molecule has 2 aliphatic rings. The molecule has 0 bridgehead atoms. The van der Waals surface area contributed by atoms with Crippen molar-refractivity contribution in [2.45, 2.75) is 44.1 Å². The second-order valence-corrected chi connectivity index (χ2v) is 9.96. The van der Waals surface area contributed by atoms with Crippen molar-refractivity contribution >= 4 is 10.1 Å². The minimum absolute atomic E-state index is 0.710. The molecule has 1 fully saturated rings. The SMILES string of the molecule is COc1ccc2c(c1)CCC1C2CN(C)C1CCCc1ccccc1.CS(=O)(=O)O. The summed E-state index contributed by atoms with van der Waals surface area (Å²) in [6, 6.07) is 18.4. The molecule has 0 amide bonds. The number of methoxy groups -OCH3 is 1. The van der Waals surface area contributed by atoms with E-state index in [0.29, 0.717) is 12.2 Å². The van der Waals surface area contributed by atoms with Crippen LogP contribution in [0.25, 0.3) is 0 Å². The maximum absolute atomic E-state index is 9.19. The highest BCUT2D eigenvalue weighted by Crippen LogP contribution is 2.46. The molecular formula is C24H33NO4S. The van der Waals surface area contributed by atoms with Crippen LogP contribution in [0.5, 0.6) is 5.75 Å². The second kappa shape index (κ2) is 9.94. The quantitative estimate of drug-likeness (QED) is 0.720. The molecule has 6 heteroatoms. The summed E-state index contributed by atoms with van der Waals surface area (Å²) < 4.78 is 31.3. The lowest BCUT2D eigenvalue weighted by atomic mass is 9.74. The summed E-state index contributed by atoms with van der Waals surface area (Å²) in [6.45, 7) is 1.21. The first-order valence-corrected chi connectivity index (χ1v) is 12.4. The van der Waals surface area contributed by atoms with Gasteiger partial charge in [0.1, 0.15) is 5.75 Å². The van der Waals surface area contributed by atoms with Crippen LogP contribution < -0.4 is 4.74 Å². The Kier molecular flexibility index (Phi) is 7.55. The lowest BCUT2D eigenvalue weighted by molar-refractivity contribution is 0.243. The van der Waals surface area contributed by atoms with Crippen molar-refractivity contribution in [3.8, 4) is 5.75 Å². The van der Waals surface area contributed by atoms with Crippen molar-refractivity contribution in [2.75, 3.05) is 27.0 Å². The average Bonchev–Trinajstić information content (AvgIpc) is 3.03. The Balaban J connectivity index is 0.000000461. The molecule has 1 aliphatic carbocycles.